The normalized spacial score (nSPS) is 11.7. The van der Waals surface area contributed by atoms with Crippen LogP contribution in [0, 0.1) is 6.92 Å². The van der Waals surface area contributed by atoms with E-state index in [-0.39, 0.29) is 10.5 Å². The molecule has 0 N–H and O–H groups in total. The number of benzene rings is 1. The predicted octanol–water partition coefficient (Wildman–Crippen LogP) is 2.44. The van der Waals surface area contributed by atoms with E-state index < -0.39 is 9.84 Å². The quantitative estimate of drug-likeness (QED) is 0.767. The van der Waals surface area contributed by atoms with Crippen molar-refractivity contribution < 1.29 is 13.2 Å². The molecule has 0 radical (unpaired) electrons. The van der Waals surface area contributed by atoms with Gasteiger partial charge in [-0.2, -0.15) is 0 Å². The van der Waals surface area contributed by atoms with Crippen LogP contribution in [0.5, 0.6) is 5.75 Å². The van der Waals surface area contributed by atoms with Gasteiger partial charge >= 0.3 is 0 Å². The van der Waals surface area contributed by atoms with Crippen LogP contribution in [0.15, 0.2) is 45.3 Å². The van der Waals surface area contributed by atoms with Crippen molar-refractivity contribution in [2.45, 2.75) is 11.8 Å². The van der Waals surface area contributed by atoms with Crippen LogP contribution < -0.4 is 10.3 Å². The van der Waals surface area contributed by atoms with Crippen molar-refractivity contribution in [3.8, 4) is 16.9 Å². The van der Waals surface area contributed by atoms with Gasteiger partial charge in [0.2, 0.25) is 0 Å². The molecule has 2 rings (SSSR count). The van der Waals surface area contributed by atoms with Crippen LogP contribution >= 0.6 is 0 Å². The third-order valence-corrected chi connectivity index (χ3v) is 5.00. The Morgan fingerprint density at radius 1 is 1.28 bits per heavy atom. The molecule has 2 aromatic rings. The number of aromatic nitrogens is 1. The second kappa shape index (κ2) is 7.06. The van der Waals surface area contributed by atoms with E-state index in [0.717, 1.165) is 6.26 Å². The van der Waals surface area contributed by atoms with Gasteiger partial charge in [0.05, 0.1) is 12.0 Å². The Kier molecular flexibility index (Phi) is 5.27. The van der Waals surface area contributed by atoms with Crippen molar-refractivity contribution in [2.75, 3.05) is 13.4 Å². The highest BCUT2D eigenvalue weighted by Gasteiger charge is 2.17. The van der Waals surface area contributed by atoms with Crippen LogP contribution in [0.2, 0.25) is 0 Å². The number of nitrogens with zero attached hydrogens (tertiary/aromatic N) is 2. The van der Waals surface area contributed by atoms with E-state index in [2.05, 4.69) is 11.7 Å². The molecular formula is C18H20N2O4S. The van der Waals surface area contributed by atoms with Gasteiger partial charge in [-0.1, -0.05) is 0 Å². The first-order valence-electron chi connectivity index (χ1n) is 7.41. The SMILES string of the molecule is C=N/C=C\c1c(-c2cc(S(C)(=O)=O)ccc2OC)cn(C)c(=O)c1C. The van der Waals surface area contributed by atoms with Gasteiger partial charge in [0.25, 0.3) is 5.56 Å². The second-order valence-corrected chi connectivity index (χ2v) is 7.65. The van der Waals surface area contributed by atoms with Crippen LogP contribution in [-0.4, -0.2) is 33.1 Å². The minimum absolute atomic E-state index is 0.148. The van der Waals surface area contributed by atoms with E-state index in [1.807, 2.05) is 0 Å². The molecule has 0 aliphatic carbocycles. The van der Waals surface area contributed by atoms with Crippen LogP contribution in [0.25, 0.3) is 17.2 Å². The first-order chi connectivity index (χ1) is 11.7. The summed E-state index contributed by atoms with van der Waals surface area (Å²) in [5, 5.41) is 0. The standard InChI is InChI=1S/C18H20N2O4S/c1-12-14(8-9-19-2)16(11-20(3)18(12)21)15-10-13(25(5,22)23)6-7-17(15)24-4/h6-11H,2H2,1,3-5H3/b9-8-. The van der Waals surface area contributed by atoms with Crippen LogP contribution in [0.4, 0.5) is 0 Å². The Bertz CT molecular complexity index is 1020. The molecule has 0 aliphatic rings. The lowest BCUT2D eigenvalue weighted by Gasteiger charge is -2.15. The maximum Gasteiger partial charge on any atom is 0.253 e. The minimum Gasteiger partial charge on any atom is -0.496 e. The topological polar surface area (TPSA) is 77.7 Å². The van der Waals surface area contributed by atoms with Crippen molar-refractivity contribution in [3.63, 3.8) is 0 Å². The number of hydrogen-bond donors (Lipinski definition) is 0. The molecule has 132 valence electrons. The maximum absolute atomic E-state index is 12.3. The average Bonchev–Trinajstić information content (AvgIpc) is 2.57. The van der Waals surface area contributed by atoms with Gasteiger partial charge in [-0.3, -0.25) is 9.79 Å². The largest absolute Gasteiger partial charge is 0.496 e. The second-order valence-electron chi connectivity index (χ2n) is 5.63. The van der Waals surface area contributed by atoms with Gasteiger partial charge in [-0.05, 0) is 43.5 Å². The van der Waals surface area contributed by atoms with E-state index in [1.165, 1.54) is 23.9 Å². The minimum atomic E-state index is -3.39. The number of aryl methyl sites for hydroxylation is 1. The molecule has 1 aromatic carbocycles. The molecule has 0 saturated heterocycles. The Labute approximate surface area is 147 Å². The summed E-state index contributed by atoms with van der Waals surface area (Å²) in [6, 6.07) is 4.64. The molecule has 0 amide bonds. The summed E-state index contributed by atoms with van der Waals surface area (Å²) >= 11 is 0. The van der Waals surface area contributed by atoms with Crippen molar-refractivity contribution >= 4 is 22.6 Å². The number of pyridine rings is 1. The summed E-state index contributed by atoms with van der Waals surface area (Å²) in [7, 11) is -0.235. The molecule has 1 heterocycles. The Morgan fingerprint density at radius 3 is 2.52 bits per heavy atom. The molecule has 0 unspecified atom stereocenters. The zero-order chi connectivity index (χ0) is 18.8. The fraction of sp³-hybridized carbons (Fsp3) is 0.222. The summed E-state index contributed by atoms with van der Waals surface area (Å²) < 4.78 is 30.7. The summed E-state index contributed by atoms with van der Waals surface area (Å²) in [4.78, 5) is 16.1. The van der Waals surface area contributed by atoms with Crippen LogP contribution in [0.1, 0.15) is 11.1 Å². The summed E-state index contributed by atoms with van der Waals surface area (Å²) in [5.41, 5.74) is 2.26. The number of ether oxygens (including phenoxy) is 1. The first kappa shape index (κ1) is 18.7. The molecule has 0 saturated carbocycles. The zero-order valence-corrected chi connectivity index (χ0v) is 15.4. The fourth-order valence-corrected chi connectivity index (χ4v) is 3.24. The number of rotatable bonds is 5. The summed E-state index contributed by atoms with van der Waals surface area (Å²) in [6.07, 6.45) is 5.96. The summed E-state index contributed by atoms with van der Waals surface area (Å²) in [5.74, 6) is 0.506. The van der Waals surface area contributed by atoms with Gasteiger partial charge < -0.3 is 9.30 Å². The summed E-state index contributed by atoms with van der Waals surface area (Å²) in [6.45, 7) is 5.11. The van der Waals surface area contributed by atoms with E-state index in [0.29, 0.717) is 28.0 Å². The lowest BCUT2D eigenvalue weighted by atomic mass is 9.97. The van der Waals surface area contributed by atoms with Crippen LogP contribution in [0.3, 0.4) is 0 Å². The third kappa shape index (κ3) is 3.71. The smallest absolute Gasteiger partial charge is 0.253 e. The van der Waals surface area contributed by atoms with Gasteiger partial charge in [-0.25, -0.2) is 8.42 Å². The number of hydrogen-bond acceptors (Lipinski definition) is 5. The lowest BCUT2D eigenvalue weighted by Crippen LogP contribution is -2.20. The highest BCUT2D eigenvalue weighted by molar-refractivity contribution is 7.90. The highest BCUT2D eigenvalue weighted by Crippen LogP contribution is 2.35. The third-order valence-electron chi connectivity index (χ3n) is 3.89. The number of methoxy groups -OCH3 is 1. The zero-order valence-electron chi connectivity index (χ0n) is 14.6. The molecule has 0 bridgehead atoms. The van der Waals surface area contributed by atoms with Gasteiger partial charge in [0.15, 0.2) is 9.84 Å². The average molecular weight is 360 g/mol. The Hall–Kier alpha value is -2.67. The van der Waals surface area contributed by atoms with Crippen molar-refractivity contribution in [3.05, 3.63) is 52.1 Å². The molecule has 6 nitrogen and oxygen atoms in total. The predicted molar refractivity (Wildman–Crippen MR) is 100 cm³/mol. The van der Waals surface area contributed by atoms with E-state index in [1.54, 1.807) is 38.4 Å². The Balaban J connectivity index is 2.92. The van der Waals surface area contributed by atoms with E-state index >= 15 is 0 Å². The molecular weight excluding hydrogens is 340 g/mol. The van der Waals surface area contributed by atoms with Gasteiger partial charge in [0.1, 0.15) is 5.75 Å². The maximum atomic E-state index is 12.3. The first-order valence-corrected chi connectivity index (χ1v) is 9.31. The highest BCUT2D eigenvalue weighted by atomic mass is 32.2. The molecule has 25 heavy (non-hydrogen) atoms. The number of aliphatic imine (C=N–C) groups is 1. The number of sulfone groups is 1. The molecule has 7 heteroatoms. The molecule has 0 atom stereocenters. The molecule has 0 aliphatic heterocycles. The molecule has 0 spiro atoms. The monoisotopic (exact) mass is 360 g/mol. The molecule has 1 aromatic heterocycles. The van der Waals surface area contributed by atoms with Crippen LogP contribution in [-0.2, 0) is 16.9 Å². The van der Waals surface area contributed by atoms with Crippen molar-refractivity contribution in [2.24, 2.45) is 12.0 Å². The fourth-order valence-electron chi connectivity index (χ4n) is 2.59. The van der Waals surface area contributed by atoms with Crippen molar-refractivity contribution in [1.82, 2.24) is 4.57 Å². The van der Waals surface area contributed by atoms with Crippen molar-refractivity contribution in [1.29, 1.82) is 0 Å². The lowest BCUT2D eigenvalue weighted by molar-refractivity contribution is 0.416. The van der Waals surface area contributed by atoms with E-state index in [9.17, 15) is 13.2 Å². The van der Waals surface area contributed by atoms with Gasteiger partial charge in [0, 0.05) is 42.4 Å². The van der Waals surface area contributed by atoms with E-state index in [4.69, 9.17) is 4.74 Å². The van der Waals surface area contributed by atoms with Gasteiger partial charge in [-0.15, -0.1) is 0 Å². The Morgan fingerprint density at radius 2 is 1.96 bits per heavy atom. The molecule has 0 fully saturated rings.